The summed E-state index contributed by atoms with van der Waals surface area (Å²) < 4.78 is 0. The number of carbonyl (C=O) groups is 1. The van der Waals surface area contributed by atoms with E-state index in [0.29, 0.717) is 13.1 Å². The smallest absolute Gasteiger partial charge is 0.230 e. The molecule has 0 radical (unpaired) electrons. The number of hydrogen-bond donors (Lipinski definition) is 2. The van der Waals surface area contributed by atoms with Crippen molar-refractivity contribution >= 4 is 18.3 Å². The van der Waals surface area contributed by atoms with Crippen LogP contribution in [0.4, 0.5) is 0 Å². The average molecular weight is 283 g/mol. The Labute approximate surface area is 121 Å². The molecule has 1 aliphatic carbocycles. The molecule has 0 spiro atoms. The predicted molar refractivity (Wildman–Crippen MR) is 80.7 cm³/mol. The summed E-state index contributed by atoms with van der Waals surface area (Å²) >= 11 is 0. The second kappa shape index (κ2) is 6.92. The average Bonchev–Trinajstić information content (AvgIpc) is 2.39. The summed E-state index contributed by atoms with van der Waals surface area (Å²) in [5.74, 6) is 0.142. The van der Waals surface area contributed by atoms with Gasteiger partial charge in [0, 0.05) is 6.54 Å². The van der Waals surface area contributed by atoms with Gasteiger partial charge in [-0.25, -0.2) is 0 Å². The van der Waals surface area contributed by atoms with E-state index in [-0.39, 0.29) is 23.7 Å². The van der Waals surface area contributed by atoms with Crippen LogP contribution in [0, 0.1) is 0 Å². The van der Waals surface area contributed by atoms with Crippen LogP contribution in [0.25, 0.3) is 0 Å². The van der Waals surface area contributed by atoms with Gasteiger partial charge in [0.2, 0.25) is 5.91 Å². The lowest BCUT2D eigenvalue weighted by Gasteiger charge is -2.34. The number of halogens is 1. The molecule has 0 aromatic heterocycles. The van der Waals surface area contributed by atoms with Gasteiger partial charge in [-0.3, -0.25) is 4.79 Å². The summed E-state index contributed by atoms with van der Waals surface area (Å²) in [6, 6.07) is 8.31. The van der Waals surface area contributed by atoms with Crippen molar-refractivity contribution in [3.05, 3.63) is 35.4 Å². The van der Waals surface area contributed by atoms with E-state index < -0.39 is 0 Å². The maximum Gasteiger partial charge on any atom is 0.230 e. The first-order valence-electron chi connectivity index (χ1n) is 6.75. The van der Waals surface area contributed by atoms with Crippen molar-refractivity contribution in [1.29, 1.82) is 0 Å². The molecule has 0 saturated carbocycles. The molecule has 0 fully saturated rings. The first-order chi connectivity index (χ1) is 8.68. The number of rotatable bonds is 4. The molecule has 0 bridgehead atoms. The molecule has 4 heteroatoms. The standard InChI is InChI=1S/C15H22N2O.ClH/c1-15(14(18)17-11-5-10-16)9-4-7-12-6-2-3-8-13(12)15;/h2-3,6,8H,4-5,7,9-11,16H2,1H3,(H,17,18);1H. The quantitative estimate of drug-likeness (QED) is 0.832. The van der Waals surface area contributed by atoms with Gasteiger partial charge in [0.1, 0.15) is 0 Å². The molecule has 106 valence electrons. The van der Waals surface area contributed by atoms with Crippen molar-refractivity contribution < 1.29 is 4.79 Å². The number of nitrogens with one attached hydrogen (secondary N) is 1. The number of fused-ring (bicyclic) bond motifs is 1. The lowest BCUT2D eigenvalue weighted by Crippen LogP contribution is -2.44. The van der Waals surface area contributed by atoms with Crippen LogP contribution < -0.4 is 11.1 Å². The Kier molecular flexibility index (Phi) is 5.83. The molecule has 1 aromatic rings. The molecule has 1 aliphatic rings. The predicted octanol–water partition coefficient (Wildman–Crippen LogP) is 2.17. The number of amides is 1. The van der Waals surface area contributed by atoms with E-state index in [1.165, 1.54) is 11.1 Å². The molecule has 0 saturated heterocycles. The Bertz CT molecular complexity index is 436. The maximum absolute atomic E-state index is 12.4. The summed E-state index contributed by atoms with van der Waals surface area (Å²) in [7, 11) is 0. The van der Waals surface area contributed by atoms with Crippen molar-refractivity contribution in [1.82, 2.24) is 5.32 Å². The van der Waals surface area contributed by atoms with Crippen LogP contribution in [0.1, 0.15) is 37.3 Å². The van der Waals surface area contributed by atoms with Gasteiger partial charge in [0.15, 0.2) is 0 Å². The van der Waals surface area contributed by atoms with Gasteiger partial charge in [-0.2, -0.15) is 0 Å². The molecular formula is C15H23ClN2O. The van der Waals surface area contributed by atoms with E-state index in [4.69, 9.17) is 5.73 Å². The van der Waals surface area contributed by atoms with E-state index in [9.17, 15) is 4.79 Å². The Morgan fingerprint density at radius 2 is 2.16 bits per heavy atom. The second-order valence-electron chi connectivity index (χ2n) is 5.24. The van der Waals surface area contributed by atoms with Crippen molar-refractivity contribution in [2.75, 3.05) is 13.1 Å². The van der Waals surface area contributed by atoms with Crippen molar-refractivity contribution in [3.8, 4) is 0 Å². The summed E-state index contributed by atoms with van der Waals surface area (Å²) in [4.78, 5) is 12.4. The Morgan fingerprint density at radius 3 is 2.89 bits per heavy atom. The first-order valence-corrected chi connectivity index (χ1v) is 6.75. The van der Waals surface area contributed by atoms with Gasteiger partial charge in [-0.15, -0.1) is 12.4 Å². The van der Waals surface area contributed by atoms with Crippen LogP contribution in [0.3, 0.4) is 0 Å². The topological polar surface area (TPSA) is 55.1 Å². The zero-order valence-electron chi connectivity index (χ0n) is 11.4. The largest absolute Gasteiger partial charge is 0.355 e. The summed E-state index contributed by atoms with van der Waals surface area (Å²) in [6.45, 7) is 3.35. The fourth-order valence-corrected chi connectivity index (χ4v) is 2.78. The second-order valence-corrected chi connectivity index (χ2v) is 5.24. The molecule has 3 nitrogen and oxygen atoms in total. The zero-order chi connectivity index (χ0) is 13.0. The van der Waals surface area contributed by atoms with Gasteiger partial charge in [0.25, 0.3) is 0 Å². The third-order valence-corrected chi connectivity index (χ3v) is 3.90. The van der Waals surface area contributed by atoms with Crippen LogP contribution in [0.2, 0.25) is 0 Å². The van der Waals surface area contributed by atoms with Crippen molar-refractivity contribution in [2.24, 2.45) is 5.73 Å². The van der Waals surface area contributed by atoms with E-state index in [1.807, 2.05) is 6.07 Å². The van der Waals surface area contributed by atoms with Gasteiger partial charge in [-0.05, 0) is 50.3 Å². The summed E-state index contributed by atoms with van der Waals surface area (Å²) in [5.41, 5.74) is 7.60. The van der Waals surface area contributed by atoms with E-state index in [1.54, 1.807) is 0 Å². The molecule has 1 amide bonds. The van der Waals surface area contributed by atoms with Crippen LogP contribution in [-0.2, 0) is 16.6 Å². The third kappa shape index (κ3) is 3.28. The highest BCUT2D eigenvalue weighted by atomic mass is 35.5. The monoisotopic (exact) mass is 282 g/mol. The van der Waals surface area contributed by atoms with Crippen LogP contribution in [0.15, 0.2) is 24.3 Å². The van der Waals surface area contributed by atoms with Gasteiger partial charge >= 0.3 is 0 Å². The van der Waals surface area contributed by atoms with Gasteiger partial charge < -0.3 is 11.1 Å². The molecule has 3 N–H and O–H groups in total. The Balaban J connectivity index is 0.00000180. The van der Waals surface area contributed by atoms with E-state index in [2.05, 4.69) is 30.4 Å². The van der Waals surface area contributed by atoms with E-state index >= 15 is 0 Å². The van der Waals surface area contributed by atoms with Gasteiger partial charge in [-0.1, -0.05) is 24.3 Å². The van der Waals surface area contributed by atoms with Gasteiger partial charge in [0.05, 0.1) is 5.41 Å². The lowest BCUT2D eigenvalue weighted by atomic mass is 9.70. The summed E-state index contributed by atoms with van der Waals surface area (Å²) in [5, 5.41) is 3.02. The zero-order valence-corrected chi connectivity index (χ0v) is 12.3. The minimum atomic E-state index is -0.372. The molecule has 2 rings (SSSR count). The number of nitrogens with two attached hydrogens (primary N) is 1. The number of hydrogen-bond acceptors (Lipinski definition) is 2. The number of benzene rings is 1. The Morgan fingerprint density at radius 1 is 1.42 bits per heavy atom. The first kappa shape index (κ1) is 16.0. The fourth-order valence-electron chi connectivity index (χ4n) is 2.78. The molecule has 1 aromatic carbocycles. The minimum Gasteiger partial charge on any atom is -0.355 e. The van der Waals surface area contributed by atoms with E-state index in [0.717, 1.165) is 25.7 Å². The van der Waals surface area contributed by atoms with Crippen LogP contribution in [0.5, 0.6) is 0 Å². The Hall–Kier alpha value is -1.06. The normalized spacial score (nSPS) is 21.2. The lowest BCUT2D eigenvalue weighted by molar-refractivity contribution is -0.126. The molecular weight excluding hydrogens is 260 g/mol. The number of aryl methyl sites for hydroxylation is 1. The highest BCUT2D eigenvalue weighted by Gasteiger charge is 2.38. The fraction of sp³-hybridized carbons (Fsp3) is 0.533. The molecule has 19 heavy (non-hydrogen) atoms. The van der Waals surface area contributed by atoms with Crippen LogP contribution >= 0.6 is 12.4 Å². The number of carbonyl (C=O) groups excluding carboxylic acids is 1. The maximum atomic E-state index is 12.4. The third-order valence-electron chi connectivity index (χ3n) is 3.90. The summed E-state index contributed by atoms with van der Waals surface area (Å²) in [6.07, 6.45) is 3.93. The molecule has 0 heterocycles. The van der Waals surface area contributed by atoms with Crippen molar-refractivity contribution in [3.63, 3.8) is 0 Å². The highest BCUT2D eigenvalue weighted by Crippen LogP contribution is 2.37. The van der Waals surface area contributed by atoms with Crippen LogP contribution in [-0.4, -0.2) is 19.0 Å². The molecule has 1 atom stereocenters. The highest BCUT2D eigenvalue weighted by molar-refractivity contribution is 5.88. The SMILES string of the molecule is CC1(C(=O)NCCCN)CCCc2ccccc21.Cl. The molecule has 1 unspecified atom stereocenters. The van der Waals surface area contributed by atoms with Crippen molar-refractivity contribution in [2.45, 2.75) is 38.0 Å². The molecule has 0 aliphatic heterocycles. The minimum absolute atomic E-state index is 0.